The maximum Gasteiger partial charge on any atom is 0.104 e. The van der Waals surface area contributed by atoms with E-state index in [1.807, 2.05) is 18.4 Å². The molecule has 0 radical (unpaired) electrons. The van der Waals surface area contributed by atoms with Gasteiger partial charge in [0.15, 0.2) is 0 Å². The van der Waals surface area contributed by atoms with Crippen molar-refractivity contribution in [2.24, 2.45) is 0 Å². The highest BCUT2D eigenvalue weighted by atomic mass is 32.1. The summed E-state index contributed by atoms with van der Waals surface area (Å²) in [6.07, 6.45) is 0. The lowest BCUT2D eigenvalue weighted by atomic mass is 10.2. The monoisotopic (exact) mass is 300 g/mol. The van der Waals surface area contributed by atoms with Crippen LogP contribution in [-0.4, -0.2) is 28.1 Å². The Bertz CT molecular complexity index is 639. The van der Waals surface area contributed by atoms with Crippen molar-refractivity contribution in [2.45, 2.75) is 26.9 Å². The van der Waals surface area contributed by atoms with Crippen LogP contribution in [0.2, 0.25) is 0 Å². The van der Waals surface area contributed by atoms with Gasteiger partial charge in [0.05, 0.1) is 5.69 Å². The molecule has 110 valence electrons. The van der Waals surface area contributed by atoms with Gasteiger partial charge >= 0.3 is 0 Å². The number of aliphatic hydroxyl groups is 1. The molecular formula is C17H20N2OS. The average Bonchev–Trinajstić information content (AvgIpc) is 2.92. The Balaban J connectivity index is 2.00. The van der Waals surface area contributed by atoms with E-state index in [0.717, 1.165) is 36.6 Å². The van der Waals surface area contributed by atoms with Crippen molar-refractivity contribution in [3.63, 3.8) is 0 Å². The van der Waals surface area contributed by atoms with Gasteiger partial charge in [-0.05, 0) is 31.7 Å². The summed E-state index contributed by atoms with van der Waals surface area (Å²) in [6, 6.07) is 8.24. The molecule has 0 saturated carbocycles. The molecule has 2 aromatic rings. The zero-order valence-corrected chi connectivity index (χ0v) is 13.3. The van der Waals surface area contributed by atoms with Crippen LogP contribution < -0.4 is 0 Å². The second-order valence-electron chi connectivity index (χ2n) is 4.84. The third-order valence-corrected chi connectivity index (χ3v) is 4.05. The summed E-state index contributed by atoms with van der Waals surface area (Å²) in [5.74, 6) is 5.62. The standard InChI is InChI=1S/C17H20N2OS/c1-3-19(11-16-8-4-6-14(2)18-16)12-17-10-15(13-21-17)7-5-9-20/h4,6,8,10,13,20H,3,9,11-12H2,1-2H3. The summed E-state index contributed by atoms with van der Waals surface area (Å²) in [5.41, 5.74) is 3.14. The molecule has 0 saturated heterocycles. The molecule has 4 heteroatoms. The van der Waals surface area contributed by atoms with Crippen LogP contribution in [-0.2, 0) is 13.1 Å². The van der Waals surface area contributed by atoms with Gasteiger partial charge in [-0.25, -0.2) is 0 Å². The van der Waals surface area contributed by atoms with Gasteiger partial charge in [0.2, 0.25) is 0 Å². The molecule has 0 aliphatic rings. The van der Waals surface area contributed by atoms with Crippen molar-refractivity contribution in [1.82, 2.24) is 9.88 Å². The fourth-order valence-electron chi connectivity index (χ4n) is 2.09. The van der Waals surface area contributed by atoms with E-state index in [0.29, 0.717) is 0 Å². The highest BCUT2D eigenvalue weighted by molar-refractivity contribution is 7.10. The molecule has 0 spiro atoms. The lowest BCUT2D eigenvalue weighted by molar-refractivity contribution is 0.270. The van der Waals surface area contributed by atoms with Crippen LogP contribution >= 0.6 is 11.3 Å². The van der Waals surface area contributed by atoms with Crippen LogP contribution in [0.3, 0.4) is 0 Å². The van der Waals surface area contributed by atoms with Gasteiger partial charge in [-0.1, -0.05) is 24.8 Å². The third-order valence-electron chi connectivity index (χ3n) is 3.12. The Morgan fingerprint density at radius 3 is 2.90 bits per heavy atom. The Morgan fingerprint density at radius 1 is 1.33 bits per heavy atom. The summed E-state index contributed by atoms with van der Waals surface area (Å²) in [5, 5.41) is 10.8. The third kappa shape index (κ3) is 4.98. The molecule has 0 fully saturated rings. The second kappa shape index (κ2) is 7.94. The van der Waals surface area contributed by atoms with Crippen LogP contribution in [0.15, 0.2) is 29.6 Å². The van der Waals surface area contributed by atoms with Crippen molar-refractivity contribution >= 4 is 11.3 Å². The molecular weight excluding hydrogens is 280 g/mol. The average molecular weight is 300 g/mol. The van der Waals surface area contributed by atoms with E-state index in [2.05, 4.69) is 46.8 Å². The maximum atomic E-state index is 8.72. The van der Waals surface area contributed by atoms with E-state index < -0.39 is 0 Å². The van der Waals surface area contributed by atoms with Crippen molar-refractivity contribution in [3.05, 3.63) is 51.5 Å². The molecule has 0 amide bonds. The van der Waals surface area contributed by atoms with E-state index in [9.17, 15) is 0 Å². The number of rotatable bonds is 5. The number of hydrogen-bond acceptors (Lipinski definition) is 4. The number of aliphatic hydroxyl groups excluding tert-OH is 1. The first-order valence-corrected chi connectivity index (χ1v) is 7.91. The Labute approximate surface area is 130 Å². The van der Waals surface area contributed by atoms with Crippen LogP contribution in [0.4, 0.5) is 0 Å². The lowest BCUT2D eigenvalue weighted by Crippen LogP contribution is -2.22. The van der Waals surface area contributed by atoms with Gasteiger partial charge in [0.25, 0.3) is 0 Å². The summed E-state index contributed by atoms with van der Waals surface area (Å²) in [4.78, 5) is 8.20. The minimum atomic E-state index is -0.0920. The van der Waals surface area contributed by atoms with Gasteiger partial charge in [-0.3, -0.25) is 9.88 Å². The molecule has 3 nitrogen and oxygen atoms in total. The number of nitrogens with zero attached hydrogens (tertiary/aromatic N) is 2. The summed E-state index contributed by atoms with van der Waals surface area (Å²) < 4.78 is 0. The lowest BCUT2D eigenvalue weighted by Gasteiger charge is -2.19. The fraction of sp³-hybridized carbons (Fsp3) is 0.353. The van der Waals surface area contributed by atoms with Gasteiger partial charge in [-0.2, -0.15) is 0 Å². The molecule has 2 aromatic heterocycles. The first kappa shape index (κ1) is 15.7. The fourth-order valence-corrected chi connectivity index (χ4v) is 2.94. The number of aryl methyl sites for hydroxylation is 1. The highest BCUT2D eigenvalue weighted by Gasteiger charge is 2.08. The molecule has 0 aliphatic heterocycles. The topological polar surface area (TPSA) is 36.4 Å². The molecule has 2 heterocycles. The molecule has 1 N–H and O–H groups in total. The van der Waals surface area contributed by atoms with Gasteiger partial charge in [-0.15, -0.1) is 11.3 Å². The van der Waals surface area contributed by atoms with Gasteiger partial charge in [0, 0.05) is 34.6 Å². The summed E-state index contributed by atoms with van der Waals surface area (Å²) in [7, 11) is 0. The van der Waals surface area contributed by atoms with Gasteiger partial charge in [0.1, 0.15) is 6.61 Å². The Hall–Kier alpha value is -1.67. The van der Waals surface area contributed by atoms with E-state index in [1.54, 1.807) is 11.3 Å². The first-order chi connectivity index (χ1) is 10.2. The molecule has 0 atom stereocenters. The normalized spacial score (nSPS) is 10.5. The zero-order chi connectivity index (χ0) is 15.1. The van der Waals surface area contributed by atoms with E-state index in [1.165, 1.54) is 4.88 Å². The minimum absolute atomic E-state index is 0.0920. The zero-order valence-electron chi connectivity index (χ0n) is 12.5. The molecule has 21 heavy (non-hydrogen) atoms. The molecule has 0 bridgehead atoms. The molecule has 0 aliphatic carbocycles. The summed E-state index contributed by atoms with van der Waals surface area (Å²) >= 11 is 1.71. The predicted molar refractivity (Wildman–Crippen MR) is 87.0 cm³/mol. The van der Waals surface area contributed by atoms with Gasteiger partial charge < -0.3 is 5.11 Å². The summed E-state index contributed by atoms with van der Waals surface area (Å²) in [6.45, 7) is 6.82. The van der Waals surface area contributed by atoms with E-state index in [4.69, 9.17) is 5.11 Å². The molecule has 0 unspecified atom stereocenters. The Morgan fingerprint density at radius 2 is 2.19 bits per heavy atom. The molecule has 2 rings (SSSR count). The Kier molecular flexibility index (Phi) is 5.94. The number of pyridine rings is 1. The SMILES string of the molecule is CCN(Cc1cccc(C)n1)Cc1cc(C#CCO)cs1. The highest BCUT2D eigenvalue weighted by Crippen LogP contribution is 2.17. The van der Waals surface area contributed by atoms with Crippen molar-refractivity contribution in [1.29, 1.82) is 0 Å². The molecule has 0 aromatic carbocycles. The smallest absolute Gasteiger partial charge is 0.104 e. The number of thiophene rings is 1. The van der Waals surface area contributed by atoms with Crippen molar-refractivity contribution in [3.8, 4) is 11.8 Å². The van der Waals surface area contributed by atoms with Crippen LogP contribution in [0.1, 0.15) is 28.8 Å². The van der Waals surface area contributed by atoms with Crippen LogP contribution in [0.25, 0.3) is 0 Å². The van der Waals surface area contributed by atoms with Crippen molar-refractivity contribution in [2.75, 3.05) is 13.2 Å². The van der Waals surface area contributed by atoms with Crippen LogP contribution in [0, 0.1) is 18.8 Å². The van der Waals surface area contributed by atoms with Crippen LogP contribution in [0.5, 0.6) is 0 Å². The number of hydrogen-bond donors (Lipinski definition) is 1. The van der Waals surface area contributed by atoms with E-state index in [-0.39, 0.29) is 6.61 Å². The minimum Gasteiger partial charge on any atom is -0.384 e. The second-order valence-corrected chi connectivity index (χ2v) is 5.83. The largest absolute Gasteiger partial charge is 0.384 e. The maximum absolute atomic E-state index is 8.72. The van der Waals surface area contributed by atoms with Crippen molar-refractivity contribution < 1.29 is 5.11 Å². The van der Waals surface area contributed by atoms with E-state index >= 15 is 0 Å². The first-order valence-electron chi connectivity index (χ1n) is 7.03. The predicted octanol–water partition coefficient (Wildman–Crippen LogP) is 2.82. The quantitative estimate of drug-likeness (QED) is 0.863. The number of aromatic nitrogens is 1.